The van der Waals surface area contributed by atoms with Crippen LogP contribution in [0.15, 0.2) is 0 Å². The van der Waals surface area contributed by atoms with Gasteiger partial charge in [-0.05, 0) is 32.2 Å². The Morgan fingerprint density at radius 2 is 2.06 bits per heavy atom. The summed E-state index contributed by atoms with van der Waals surface area (Å²) in [5.41, 5.74) is 5.57. The SMILES string of the molecule is NC1(C(=O)NCC2CCCN2)CCCCC1. The van der Waals surface area contributed by atoms with Gasteiger partial charge in [-0.15, -0.1) is 0 Å². The molecule has 1 amide bonds. The van der Waals surface area contributed by atoms with Crippen molar-refractivity contribution in [3.05, 3.63) is 0 Å². The van der Waals surface area contributed by atoms with Crippen LogP contribution in [0.5, 0.6) is 0 Å². The van der Waals surface area contributed by atoms with E-state index in [0.29, 0.717) is 6.04 Å². The lowest BCUT2D eigenvalue weighted by atomic mass is 9.82. The Bertz CT molecular complexity index is 243. The largest absolute Gasteiger partial charge is 0.353 e. The Hall–Kier alpha value is -0.610. The van der Waals surface area contributed by atoms with Gasteiger partial charge >= 0.3 is 0 Å². The topological polar surface area (TPSA) is 67.2 Å². The van der Waals surface area contributed by atoms with Gasteiger partial charge in [-0.1, -0.05) is 19.3 Å². The van der Waals surface area contributed by atoms with Gasteiger partial charge in [-0.3, -0.25) is 4.79 Å². The quantitative estimate of drug-likeness (QED) is 0.656. The summed E-state index contributed by atoms with van der Waals surface area (Å²) in [4.78, 5) is 12.0. The number of nitrogens with one attached hydrogen (secondary N) is 2. The lowest BCUT2D eigenvalue weighted by Crippen LogP contribution is -2.56. The molecule has 1 heterocycles. The molecule has 2 fully saturated rings. The molecule has 1 unspecified atom stereocenters. The molecule has 4 heteroatoms. The van der Waals surface area contributed by atoms with Gasteiger partial charge in [-0.2, -0.15) is 0 Å². The van der Waals surface area contributed by atoms with E-state index in [1.807, 2.05) is 0 Å². The van der Waals surface area contributed by atoms with Crippen LogP contribution in [0.3, 0.4) is 0 Å². The number of carbonyl (C=O) groups is 1. The number of rotatable bonds is 3. The van der Waals surface area contributed by atoms with Crippen molar-refractivity contribution < 1.29 is 4.79 Å². The van der Waals surface area contributed by atoms with Gasteiger partial charge in [0.1, 0.15) is 0 Å². The van der Waals surface area contributed by atoms with Gasteiger partial charge in [0.25, 0.3) is 0 Å². The minimum Gasteiger partial charge on any atom is -0.353 e. The average Bonchev–Trinajstić information content (AvgIpc) is 2.79. The third-order valence-electron chi connectivity index (χ3n) is 3.87. The normalized spacial score (nSPS) is 28.9. The summed E-state index contributed by atoms with van der Waals surface area (Å²) in [6, 6.07) is 0.455. The number of amides is 1. The molecule has 4 N–H and O–H groups in total. The summed E-state index contributed by atoms with van der Waals surface area (Å²) in [6.45, 7) is 1.81. The van der Waals surface area contributed by atoms with Gasteiger partial charge < -0.3 is 16.4 Å². The summed E-state index contributed by atoms with van der Waals surface area (Å²) in [7, 11) is 0. The van der Waals surface area contributed by atoms with Gasteiger partial charge in [0.2, 0.25) is 5.91 Å². The maximum atomic E-state index is 12.0. The molecule has 1 aliphatic carbocycles. The van der Waals surface area contributed by atoms with Gasteiger partial charge in [0, 0.05) is 12.6 Å². The fourth-order valence-corrected chi connectivity index (χ4v) is 2.73. The molecule has 0 spiro atoms. The Labute approximate surface area is 97.3 Å². The van der Waals surface area contributed by atoms with E-state index in [-0.39, 0.29) is 5.91 Å². The van der Waals surface area contributed by atoms with Crippen LogP contribution in [0.4, 0.5) is 0 Å². The van der Waals surface area contributed by atoms with Crippen molar-refractivity contribution in [2.75, 3.05) is 13.1 Å². The predicted octanol–water partition coefficient (Wildman–Crippen LogP) is 0.516. The van der Waals surface area contributed by atoms with Crippen LogP contribution in [0.25, 0.3) is 0 Å². The Balaban J connectivity index is 1.77. The lowest BCUT2D eigenvalue weighted by Gasteiger charge is -2.32. The summed E-state index contributed by atoms with van der Waals surface area (Å²) < 4.78 is 0. The molecule has 0 aromatic rings. The van der Waals surface area contributed by atoms with E-state index in [9.17, 15) is 4.79 Å². The smallest absolute Gasteiger partial charge is 0.240 e. The van der Waals surface area contributed by atoms with Crippen molar-refractivity contribution in [2.24, 2.45) is 5.73 Å². The van der Waals surface area contributed by atoms with Crippen LogP contribution in [-0.2, 0) is 4.79 Å². The van der Waals surface area contributed by atoms with Crippen LogP contribution < -0.4 is 16.4 Å². The minimum absolute atomic E-state index is 0.0564. The van der Waals surface area contributed by atoms with E-state index < -0.39 is 5.54 Å². The number of nitrogens with two attached hydrogens (primary N) is 1. The van der Waals surface area contributed by atoms with Crippen LogP contribution in [0.2, 0.25) is 0 Å². The molecule has 0 aromatic heterocycles. The first-order chi connectivity index (χ1) is 7.71. The van der Waals surface area contributed by atoms with E-state index in [4.69, 9.17) is 5.73 Å². The number of hydrogen-bond donors (Lipinski definition) is 3. The number of carbonyl (C=O) groups excluding carboxylic acids is 1. The Kier molecular flexibility index (Phi) is 3.82. The van der Waals surface area contributed by atoms with E-state index in [2.05, 4.69) is 10.6 Å². The zero-order chi connectivity index (χ0) is 11.4. The molecule has 0 aromatic carbocycles. The average molecular weight is 225 g/mol. The molecule has 0 bridgehead atoms. The van der Waals surface area contributed by atoms with Crippen molar-refractivity contribution in [3.8, 4) is 0 Å². The zero-order valence-corrected chi connectivity index (χ0v) is 9.93. The highest BCUT2D eigenvalue weighted by Crippen LogP contribution is 2.25. The van der Waals surface area contributed by atoms with E-state index in [1.165, 1.54) is 12.8 Å². The first-order valence-corrected chi connectivity index (χ1v) is 6.51. The molecule has 1 aliphatic heterocycles. The van der Waals surface area contributed by atoms with Crippen LogP contribution >= 0.6 is 0 Å². The Morgan fingerprint density at radius 3 is 2.69 bits per heavy atom. The first kappa shape index (κ1) is 11.9. The maximum Gasteiger partial charge on any atom is 0.240 e. The van der Waals surface area contributed by atoms with Crippen molar-refractivity contribution in [2.45, 2.75) is 56.5 Å². The lowest BCUT2D eigenvalue weighted by molar-refractivity contribution is -0.127. The van der Waals surface area contributed by atoms with Crippen LogP contribution in [0.1, 0.15) is 44.9 Å². The van der Waals surface area contributed by atoms with Crippen molar-refractivity contribution in [1.82, 2.24) is 10.6 Å². The summed E-state index contributed by atoms with van der Waals surface area (Å²) in [6.07, 6.45) is 7.47. The standard InChI is InChI=1S/C12H23N3O/c13-12(6-2-1-3-7-12)11(16)15-9-10-5-4-8-14-10/h10,14H,1-9,13H2,(H,15,16). The third-order valence-corrected chi connectivity index (χ3v) is 3.87. The van der Waals surface area contributed by atoms with E-state index in [1.54, 1.807) is 0 Å². The van der Waals surface area contributed by atoms with Gasteiger partial charge in [0.05, 0.1) is 5.54 Å². The first-order valence-electron chi connectivity index (χ1n) is 6.51. The molecule has 92 valence electrons. The molecular formula is C12H23N3O. The predicted molar refractivity (Wildman–Crippen MR) is 64.0 cm³/mol. The summed E-state index contributed by atoms with van der Waals surface area (Å²) in [5, 5.41) is 6.38. The molecule has 1 saturated carbocycles. The van der Waals surface area contributed by atoms with Crippen LogP contribution in [0, 0.1) is 0 Å². The maximum absolute atomic E-state index is 12.0. The molecule has 16 heavy (non-hydrogen) atoms. The zero-order valence-electron chi connectivity index (χ0n) is 9.93. The van der Waals surface area contributed by atoms with Crippen molar-refractivity contribution in [3.63, 3.8) is 0 Å². The van der Waals surface area contributed by atoms with E-state index in [0.717, 1.165) is 45.2 Å². The molecule has 2 aliphatic rings. The van der Waals surface area contributed by atoms with Crippen molar-refractivity contribution in [1.29, 1.82) is 0 Å². The highest BCUT2D eigenvalue weighted by atomic mass is 16.2. The molecule has 4 nitrogen and oxygen atoms in total. The van der Waals surface area contributed by atoms with Gasteiger partial charge in [-0.25, -0.2) is 0 Å². The molecule has 0 radical (unpaired) electrons. The second kappa shape index (κ2) is 5.15. The summed E-state index contributed by atoms with van der Waals surface area (Å²) >= 11 is 0. The second-order valence-corrected chi connectivity index (χ2v) is 5.22. The highest BCUT2D eigenvalue weighted by Gasteiger charge is 2.35. The Morgan fingerprint density at radius 1 is 1.31 bits per heavy atom. The monoisotopic (exact) mass is 225 g/mol. The molecule has 1 atom stereocenters. The van der Waals surface area contributed by atoms with Crippen LogP contribution in [-0.4, -0.2) is 30.6 Å². The minimum atomic E-state index is -0.586. The van der Waals surface area contributed by atoms with Gasteiger partial charge in [0.15, 0.2) is 0 Å². The fraction of sp³-hybridized carbons (Fsp3) is 0.917. The third kappa shape index (κ3) is 2.74. The molecular weight excluding hydrogens is 202 g/mol. The fourth-order valence-electron chi connectivity index (χ4n) is 2.73. The summed E-state index contributed by atoms with van der Waals surface area (Å²) in [5.74, 6) is 0.0564. The molecule has 2 rings (SSSR count). The second-order valence-electron chi connectivity index (χ2n) is 5.22. The number of hydrogen-bond acceptors (Lipinski definition) is 3. The van der Waals surface area contributed by atoms with Crippen molar-refractivity contribution >= 4 is 5.91 Å². The van der Waals surface area contributed by atoms with E-state index >= 15 is 0 Å². The highest BCUT2D eigenvalue weighted by molar-refractivity contribution is 5.86. The molecule has 1 saturated heterocycles.